The van der Waals surface area contributed by atoms with Gasteiger partial charge in [-0.3, -0.25) is 4.79 Å². The van der Waals surface area contributed by atoms with Crippen LogP contribution in [0, 0.1) is 11.8 Å². The van der Waals surface area contributed by atoms with Crippen LogP contribution >= 0.6 is 0 Å². The average Bonchev–Trinajstić information content (AvgIpc) is 3.15. The number of nitrogens with one attached hydrogen (secondary N) is 2. The van der Waals surface area contributed by atoms with Crippen LogP contribution in [0.3, 0.4) is 0 Å². The molecule has 2 aliphatic rings. The highest BCUT2D eigenvalue weighted by Crippen LogP contribution is 2.23. The van der Waals surface area contributed by atoms with Crippen LogP contribution in [0.25, 0.3) is 11.0 Å². The number of aromatic nitrogens is 2. The monoisotopic (exact) mass is 383 g/mol. The fourth-order valence-electron chi connectivity index (χ4n) is 4.59. The van der Waals surface area contributed by atoms with Crippen molar-refractivity contribution in [3.05, 3.63) is 24.3 Å². The number of amides is 1. The number of carbonyl (C=O) groups is 1. The number of imidazole rings is 1. The van der Waals surface area contributed by atoms with Gasteiger partial charge in [0.1, 0.15) is 0 Å². The van der Waals surface area contributed by atoms with Crippen molar-refractivity contribution in [3.63, 3.8) is 0 Å². The third-order valence-electron chi connectivity index (χ3n) is 6.23. The van der Waals surface area contributed by atoms with E-state index in [0.717, 1.165) is 68.3 Å². The molecule has 1 aromatic carbocycles. The van der Waals surface area contributed by atoms with Crippen LogP contribution in [0.2, 0.25) is 0 Å². The normalized spacial score (nSPS) is 21.9. The molecule has 2 aromatic rings. The molecule has 6 nitrogen and oxygen atoms in total. The highest BCUT2D eigenvalue weighted by molar-refractivity contribution is 5.79. The van der Waals surface area contributed by atoms with Gasteiger partial charge in [-0.05, 0) is 63.2 Å². The summed E-state index contributed by atoms with van der Waals surface area (Å²) in [5, 5.41) is 3.17. The number of rotatable bonds is 6. The third kappa shape index (κ3) is 4.66. The van der Waals surface area contributed by atoms with Crippen LogP contribution in [0.5, 0.6) is 0 Å². The number of piperidine rings is 2. The predicted molar refractivity (Wildman–Crippen MR) is 113 cm³/mol. The molecular weight excluding hydrogens is 350 g/mol. The van der Waals surface area contributed by atoms with Crippen molar-refractivity contribution in [1.29, 1.82) is 0 Å². The van der Waals surface area contributed by atoms with E-state index in [1.807, 2.05) is 18.2 Å². The molecule has 6 heteroatoms. The topological polar surface area (TPSA) is 64.3 Å². The van der Waals surface area contributed by atoms with E-state index in [2.05, 4.69) is 38.1 Å². The van der Waals surface area contributed by atoms with E-state index in [9.17, 15) is 4.79 Å². The highest BCUT2D eigenvalue weighted by atomic mass is 16.1. The van der Waals surface area contributed by atoms with Crippen molar-refractivity contribution in [1.82, 2.24) is 20.2 Å². The number of benzene rings is 1. The van der Waals surface area contributed by atoms with Gasteiger partial charge in [-0.1, -0.05) is 19.1 Å². The van der Waals surface area contributed by atoms with Crippen LogP contribution in [0.4, 0.5) is 5.95 Å². The van der Waals surface area contributed by atoms with Gasteiger partial charge in [0.05, 0.1) is 11.0 Å². The first-order valence-electron chi connectivity index (χ1n) is 10.9. The summed E-state index contributed by atoms with van der Waals surface area (Å²) >= 11 is 0. The Morgan fingerprint density at radius 3 is 2.82 bits per heavy atom. The van der Waals surface area contributed by atoms with Gasteiger partial charge >= 0.3 is 0 Å². The number of hydrogen-bond acceptors (Lipinski definition) is 4. The molecular formula is C22H33N5O. The molecule has 28 heavy (non-hydrogen) atoms. The molecule has 1 unspecified atom stereocenters. The molecule has 2 saturated heterocycles. The van der Waals surface area contributed by atoms with E-state index in [0.29, 0.717) is 0 Å². The Morgan fingerprint density at radius 1 is 1.21 bits per heavy atom. The summed E-state index contributed by atoms with van der Waals surface area (Å²) in [5.74, 6) is 2.11. The van der Waals surface area contributed by atoms with Crippen LogP contribution in [-0.4, -0.2) is 60.0 Å². The minimum absolute atomic E-state index is 0.135. The SMILES string of the molecule is CC1CCCN(CCCNC(=O)C2CCN(c3nc4ccccc4[nH]3)CC2)C1. The lowest BCUT2D eigenvalue weighted by Crippen LogP contribution is -2.42. The van der Waals surface area contributed by atoms with Gasteiger partial charge in [0, 0.05) is 32.1 Å². The van der Waals surface area contributed by atoms with E-state index in [4.69, 9.17) is 0 Å². The maximum Gasteiger partial charge on any atom is 0.223 e. The molecule has 0 radical (unpaired) electrons. The van der Waals surface area contributed by atoms with Gasteiger partial charge in [0.2, 0.25) is 11.9 Å². The molecule has 1 amide bonds. The van der Waals surface area contributed by atoms with Crippen molar-refractivity contribution in [2.45, 2.75) is 39.0 Å². The Hall–Kier alpha value is -2.08. The minimum atomic E-state index is 0.135. The number of hydrogen-bond donors (Lipinski definition) is 2. The maximum absolute atomic E-state index is 12.5. The van der Waals surface area contributed by atoms with E-state index in [1.54, 1.807) is 0 Å². The predicted octanol–water partition coefficient (Wildman–Crippen LogP) is 3.02. The zero-order chi connectivity index (χ0) is 19.3. The van der Waals surface area contributed by atoms with Gasteiger partial charge in [-0.2, -0.15) is 0 Å². The number of nitrogens with zero attached hydrogens (tertiary/aromatic N) is 3. The molecule has 2 N–H and O–H groups in total. The molecule has 2 fully saturated rings. The molecule has 0 saturated carbocycles. The molecule has 0 aliphatic carbocycles. The summed E-state index contributed by atoms with van der Waals surface area (Å²) in [6.07, 6.45) is 5.52. The molecule has 0 bridgehead atoms. The molecule has 2 aliphatic heterocycles. The summed E-state index contributed by atoms with van der Waals surface area (Å²) in [7, 11) is 0. The van der Waals surface area contributed by atoms with Crippen LogP contribution in [0.15, 0.2) is 24.3 Å². The number of likely N-dealkylation sites (tertiary alicyclic amines) is 1. The lowest BCUT2D eigenvalue weighted by Gasteiger charge is -2.31. The molecule has 1 aromatic heterocycles. The summed E-state index contributed by atoms with van der Waals surface area (Å²) in [6.45, 7) is 8.44. The average molecular weight is 384 g/mol. The number of fused-ring (bicyclic) bond motifs is 1. The highest BCUT2D eigenvalue weighted by Gasteiger charge is 2.26. The minimum Gasteiger partial charge on any atom is -0.356 e. The van der Waals surface area contributed by atoms with Crippen LogP contribution < -0.4 is 10.2 Å². The lowest BCUT2D eigenvalue weighted by molar-refractivity contribution is -0.125. The van der Waals surface area contributed by atoms with Gasteiger partial charge in [-0.25, -0.2) is 4.98 Å². The Kier molecular flexibility index (Phi) is 6.15. The number of carbonyl (C=O) groups excluding carboxylic acids is 1. The van der Waals surface area contributed by atoms with Gasteiger partial charge in [0.15, 0.2) is 0 Å². The first-order valence-corrected chi connectivity index (χ1v) is 10.9. The van der Waals surface area contributed by atoms with Crippen molar-refractivity contribution < 1.29 is 4.79 Å². The summed E-state index contributed by atoms with van der Waals surface area (Å²) in [4.78, 5) is 25.4. The molecule has 4 rings (SSSR count). The van der Waals surface area contributed by atoms with E-state index < -0.39 is 0 Å². The second-order valence-corrected chi connectivity index (χ2v) is 8.53. The summed E-state index contributed by atoms with van der Waals surface area (Å²) in [5.41, 5.74) is 2.07. The third-order valence-corrected chi connectivity index (χ3v) is 6.23. The van der Waals surface area contributed by atoms with Crippen molar-refractivity contribution in [2.75, 3.05) is 44.2 Å². The maximum atomic E-state index is 12.5. The lowest BCUT2D eigenvalue weighted by atomic mass is 9.96. The van der Waals surface area contributed by atoms with Gasteiger partial charge in [0.25, 0.3) is 0 Å². The zero-order valence-corrected chi connectivity index (χ0v) is 17.0. The van der Waals surface area contributed by atoms with E-state index in [-0.39, 0.29) is 11.8 Å². The van der Waals surface area contributed by atoms with Crippen LogP contribution in [-0.2, 0) is 4.79 Å². The first kappa shape index (κ1) is 19.2. The van der Waals surface area contributed by atoms with Crippen LogP contribution in [0.1, 0.15) is 39.0 Å². The number of anilines is 1. The van der Waals surface area contributed by atoms with Gasteiger partial charge in [-0.15, -0.1) is 0 Å². The standard InChI is InChI=1S/C22H33N5O/c1-17-6-4-12-26(16-17)13-5-11-23-21(28)18-9-14-27(15-10-18)22-24-19-7-2-3-8-20(19)25-22/h2-3,7-8,17-18H,4-6,9-16H2,1H3,(H,23,28)(H,24,25). The second kappa shape index (κ2) is 8.95. The first-order chi connectivity index (χ1) is 13.7. The van der Waals surface area contributed by atoms with E-state index >= 15 is 0 Å². The Balaban J connectivity index is 1.17. The van der Waals surface area contributed by atoms with Crippen molar-refractivity contribution in [3.8, 4) is 0 Å². The Labute approximate surface area is 167 Å². The fraction of sp³-hybridized carbons (Fsp3) is 0.636. The Morgan fingerprint density at radius 2 is 2.04 bits per heavy atom. The smallest absolute Gasteiger partial charge is 0.223 e. The largest absolute Gasteiger partial charge is 0.356 e. The fourth-order valence-corrected chi connectivity index (χ4v) is 4.59. The zero-order valence-electron chi connectivity index (χ0n) is 17.0. The number of para-hydroxylation sites is 2. The molecule has 3 heterocycles. The molecule has 152 valence electrons. The van der Waals surface area contributed by atoms with E-state index in [1.165, 1.54) is 25.9 Å². The number of aromatic amines is 1. The molecule has 0 spiro atoms. The Bertz CT molecular complexity index is 747. The summed E-state index contributed by atoms with van der Waals surface area (Å²) < 4.78 is 0. The van der Waals surface area contributed by atoms with Gasteiger partial charge < -0.3 is 20.1 Å². The molecule has 1 atom stereocenters. The number of H-pyrrole nitrogens is 1. The summed E-state index contributed by atoms with van der Waals surface area (Å²) in [6, 6.07) is 8.11. The quantitative estimate of drug-likeness (QED) is 0.753. The second-order valence-electron chi connectivity index (χ2n) is 8.53. The van der Waals surface area contributed by atoms with Crippen molar-refractivity contribution in [2.24, 2.45) is 11.8 Å². The van der Waals surface area contributed by atoms with Crippen molar-refractivity contribution >= 4 is 22.9 Å².